The minimum Gasteiger partial charge on any atom is -0.368 e. The molecule has 3 N–H and O–H groups in total. The molecule has 3 fully saturated rings. The van der Waals surface area contributed by atoms with Crippen LogP contribution in [0.4, 0.5) is 0 Å². The number of amides is 4. The number of hydrogen-bond donors (Lipinski definition) is 2. The summed E-state index contributed by atoms with van der Waals surface area (Å²) in [6, 6.07) is 8.17. The SMILES string of the molecule is NC(=O)C1CCCN1C(=O)[C@H](Cc1ccccc1)N1CC[C@]2(CCC(=O)N2)C1=O. The van der Waals surface area contributed by atoms with Crippen LogP contribution >= 0.6 is 0 Å². The molecule has 0 aliphatic carbocycles. The van der Waals surface area contributed by atoms with Gasteiger partial charge in [0.2, 0.25) is 23.6 Å². The van der Waals surface area contributed by atoms with E-state index in [-0.39, 0.29) is 17.7 Å². The molecule has 8 nitrogen and oxygen atoms in total. The maximum absolute atomic E-state index is 13.5. The third-order valence-corrected chi connectivity index (χ3v) is 6.40. The Morgan fingerprint density at radius 2 is 1.93 bits per heavy atom. The molecule has 1 aromatic rings. The van der Waals surface area contributed by atoms with E-state index in [1.807, 2.05) is 30.3 Å². The lowest BCUT2D eigenvalue weighted by Gasteiger charge is -2.33. The topological polar surface area (TPSA) is 113 Å². The second-order valence-electron chi connectivity index (χ2n) is 8.18. The van der Waals surface area contributed by atoms with Crippen LogP contribution in [0.2, 0.25) is 0 Å². The van der Waals surface area contributed by atoms with E-state index in [1.54, 1.807) is 4.90 Å². The van der Waals surface area contributed by atoms with Crippen molar-refractivity contribution < 1.29 is 19.2 Å². The summed E-state index contributed by atoms with van der Waals surface area (Å²) in [5, 5.41) is 2.83. The van der Waals surface area contributed by atoms with Crippen molar-refractivity contribution in [3.63, 3.8) is 0 Å². The third kappa shape index (κ3) is 3.47. The number of nitrogens with one attached hydrogen (secondary N) is 1. The van der Waals surface area contributed by atoms with E-state index in [1.165, 1.54) is 4.90 Å². The lowest BCUT2D eigenvalue weighted by Crippen LogP contribution is -2.57. The molecule has 3 heterocycles. The second-order valence-corrected chi connectivity index (χ2v) is 8.18. The summed E-state index contributed by atoms with van der Waals surface area (Å²) in [6.07, 6.45) is 2.90. The van der Waals surface area contributed by atoms with E-state index in [0.29, 0.717) is 51.6 Å². The van der Waals surface area contributed by atoms with E-state index in [0.717, 1.165) is 5.56 Å². The summed E-state index contributed by atoms with van der Waals surface area (Å²) >= 11 is 0. The Morgan fingerprint density at radius 3 is 2.59 bits per heavy atom. The van der Waals surface area contributed by atoms with Crippen molar-refractivity contribution in [3.8, 4) is 0 Å². The van der Waals surface area contributed by atoms with Crippen molar-refractivity contribution in [3.05, 3.63) is 35.9 Å². The smallest absolute Gasteiger partial charge is 0.249 e. The standard InChI is InChI=1S/C21H26N4O4/c22-18(27)15-7-4-11-24(15)19(28)16(13-14-5-2-1-3-6-14)25-12-10-21(20(25)29)9-8-17(26)23-21/h1-3,5-6,15-16H,4,7-13H2,(H2,22,27)(H,23,26)/t15?,16-,21+/m0/s1. The average molecular weight is 398 g/mol. The Labute approximate surface area is 169 Å². The van der Waals surface area contributed by atoms with Gasteiger partial charge >= 0.3 is 0 Å². The molecule has 3 aliphatic rings. The summed E-state index contributed by atoms with van der Waals surface area (Å²) in [5.41, 5.74) is 5.55. The molecule has 3 aliphatic heterocycles. The molecule has 3 saturated heterocycles. The van der Waals surface area contributed by atoms with Gasteiger partial charge in [-0.2, -0.15) is 0 Å². The molecule has 1 spiro atoms. The van der Waals surface area contributed by atoms with Crippen LogP contribution in [-0.2, 0) is 25.6 Å². The number of carbonyl (C=O) groups excluding carboxylic acids is 4. The predicted octanol–water partition coefficient (Wildman–Crippen LogP) is -0.0449. The lowest BCUT2D eigenvalue weighted by molar-refractivity contribution is -0.147. The van der Waals surface area contributed by atoms with Gasteiger partial charge in [0.25, 0.3) is 0 Å². The second kappa shape index (κ2) is 7.50. The Morgan fingerprint density at radius 1 is 1.17 bits per heavy atom. The minimum atomic E-state index is -0.888. The molecule has 1 aromatic carbocycles. The van der Waals surface area contributed by atoms with Gasteiger partial charge in [0, 0.05) is 25.9 Å². The molecular formula is C21H26N4O4. The zero-order valence-electron chi connectivity index (χ0n) is 16.3. The molecule has 0 saturated carbocycles. The van der Waals surface area contributed by atoms with Gasteiger partial charge in [-0.1, -0.05) is 30.3 Å². The summed E-state index contributed by atoms with van der Waals surface area (Å²) in [6.45, 7) is 0.860. The molecule has 0 bridgehead atoms. The van der Waals surface area contributed by atoms with Crippen molar-refractivity contribution in [2.45, 2.75) is 56.1 Å². The Kier molecular flexibility index (Phi) is 5.02. The number of nitrogens with two attached hydrogens (primary N) is 1. The van der Waals surface area contributed by atoms with Crippen molar-refractivity contribution in [2.24, 2.45) is 5.73 Å². The number of rotatable bonds is 5. The largest absolute Gasteiger partial charge is 0.368 e. The molecule has 8 heteroatoms. The Bertz CT molecular complexity index is 842. The fraction of sp³-hybridized carbons (Fsp3) is 0.524. The van der Waals surface area contributed by atoms with E-state index < -0.39 is 23.5 Å². The molecule has 4 amide bonds. The molecule has 29 heavy (non-hydrogen) atoms. The molecule has 0 aromatic heterocycles. The predicted molar refractivity (Wildman–Crippen MR) is 104 cm³/mol. The van der Waals surface area contributed by atoms with Crippen molar-refractivity contribution in [1.29, 1.82) is 0 Å². The normalized spacial score (nSPS) is 27.5. The molecule has 0 radical (unpaired) electrons. The first-order chi connectivity index (χ1) is 13.9. The van der Waals surface area contributed by atoms with Crippen LogP contribution in [0.25, 0.3) is 0 Å². The highest BCUT2D eigenvalue weighted by Crippen LogP contribution is 2.34. The van der Waals surface area contributed by atoms with Crippen LogP contribution in [0.5, 0.6) is 0 Å². The van der Waals surface area contributed by atoms with Crippen LogP contribution < -0.4 is 11.1 Å². The van der Waals surface area contributed by atoms with Gasteiger partial charge in [-0.25, -0.2) is 0 Å². The first-order valence-corrected chi connectivity index (χ1v) is 10.2. The van der Waals surface area contributed by atoms with Gasteiger partial charge < -0.3 is 20.9 Å². The zero-order valence-corrected chi connectivity index (χ0v) is 16.3. The molecule has 3 atom stereocenters. The lowest BCUT2D eigenvalue weighted by atomic mass is 9.95. The van der Waals surface area contributed by atoms with Gasteiger partial charge in [0.15, 0.2) is 0 Å². The fourth-order valence-electron chi connectivity index (χ4n) is 4.84. The van der Waals surface area contributed by atoms with E-state index in [9.17, 15) is 19.2 Å². The summed E-state index contributed by atoms with van der Waals surface area (Å²) in [5.74, 6) is -1.08. The van der Waals surface area contributed by atoms with Crippen LogP contribution in [0, 0.1) is 0 Å². The summed E-state index contributed by atoms with van der Waals surface area (Å²) in [4.78, 5) is 53.5. The summed E-state index contributed by atoms with van der Waals surface area (Å²) in [7, 11) is 0. The fourth-order valence-corrected chi connectivity index (χ4v) is 4.84. The highest BCUT2D eigenvalue weighted by Gasteiger charge is 2.54. The van der Waals surface area contributed by atoms with Crippen molar-refractivity contribution in [1.82, 2.24) is 15.1 Å². The first kappa shape index (κ1) is 19.4. The quantitative estimate of drug-likeness (QED) is 0.724. The van der Waals surface area contributed by atoms with Gasteiger partial charge in [-0.05, 0) is 31.2 Å². The maximum atomic E-state index is 13.5. The first-order valence-electron chi connectivity index (χ1n) is 10.2. The van der Waals surface area contributed by atoms with Gasteiger partial charge in [-0.3, -0.25) is 19.2 Å². The van der Waals surface area contributed by atoms with E-state index >= 15 is 0 Å². The van der Waals surface area contributed by atoms with E-state index in [2.05, 4.69) is 5.32 Å². The highest BCUT2D eigenvalue weighted by atomic mass is 16.2. The van der Waals surface area contributed by atoms with Crippen LogP contribution in [0.15, 0.2) is 30.3 Å². The monoisotopic (exact) mass is 398 g/mol. The number of carbonyl (C=O) groups is 4. The number of hydrogen-bond acceptors (Lipinski definition) is 4. The number of nitrogens with zero attached hydrogens (tertiary/aromatic N) is 2. The Balaban J connectivity index is 1.62. The zero-order chi connectivity index (χ0) is 20.6. The van der Waals surface area contributed by atoms with Gasteiger partial charge in [0.05, 0.1) is 0 Å². The van der Waals surface area contributed by atoms with Gasteiger partial charge in [-0.15, -0.1) is 0 Å². The highest BCUT2D eigenvalue weighted by molar-refractivity contribution is 5.99. The van der Waals surface area contributed by atoms with Gasteiger partial charge in [0.1, 0.15) is 17.6 Å². The molecule has 4 rings (SSSR count). The van der Waals surface area contributed by atoms with Crippen LogP contribution in [0.3, 0.4) is 0 Å². The molecule has 1 unspecified atom stereocenters. The van der Waals surface area contributed by atoms with Crippen molar-refractivity contribution in [2.75, 3.05) is 13.1 Å². The number of likely N-dealkylation sites (tertiary alicyclic amines) is 2. The average Bonchev–Trinajstić information content (AvgIpc) is 3.41. The molecule has 154 valence electrons. The van der Waals surface area contributed by atoms with Crippen LogP contribution in [0.1, 0.15) is 37.7 Å². The number of benzene rings is 1. The Hall–Kier alpha value is -2.90. The summed E-state index contributed by atoms with van der Waals surface area (Å²) < 4.78 is 0. The van der Waals surface area contributed by atoms with E-state index in [4.69, 9.17) is 5.73 Å². The number of primary amides is 1. The minimum absolute atomic E-state index is 0.125. The van der Waals surface area contributed by atoms with Crippen LogP contribution in [-0.4, -0.2) is 64.1 Å². The molecular weight excluding hydrogens is 372 g/mol. The van der Waals surface area contributed by atoms with Crippen molar-refractivity contribution >= 4 is 23.6 Å². The maximum Gasteiger partial charge on any atom is 0.249 e. The third-order valence-electron chi connectivity index (χ3n) is 6.40.